The monoisotopic (exact) mass is 473 g/mol. The van der Waals surface area contributed by atoms with Gasteiger partial charge < -0.3 is 9.84 Å². The van der Waals surface area contributed by atoms with E-state index in [-0.39, 0.29) is 17.0 Å². The van der Waals surface area contributed by atoms with Gasteiger partial charge in [-0.1, -0.05) is 48.5 Å². The molecule has 0 bridgehead atoms. The molecule has 1 aliphatic carbocycles. The van der Waals surface area contributed by atoms with Crippen molar-refractivity contribution in [2.75, 3.05) is 11.9 Å². The van der Waals surface area contributed by atoms with Crippen molar-refractivity contribution in [2.24, 2.45) is 0 Å². The summed E-state index contributed by atoms with van der Waals surface area (Å²) in [5.41, 5.74) is 2.46. The van der Waals surface area contributed by atoms with Crippen LogP contribution in [0.15, 0.2) is 59.1 Å². The van der Waals surface area contributed by atoms with E-state index in [1.54, 1.807) is 0 Å². The van der Waals surface area contributed by atoms with Crippen LogP contribution in [0.1, 0.15) is 27.4 Å². The number of carboxylic acids is 1. The number of rotatable bonds is 4. The number of fused-ring (bicyclic) bond motifs is 3. The van der Waals surface area contributed by atoms with Crippen LogP contribution in [0.5, 0.6) is 0 Å². The molecule has 0 atom stereocenters. The summed E-state index contributed by atoms with van der Waals surface area (Å²) in [6, 6.07) is 16.3. The van der Waals surface area contributed by atoms with Crippen molar-refractivity contribution in [3.8, 4) is 11.1 Å². The molecular weight excluding hydrogens is 460 g/mol. The normalized spacial score (nSPS) is 12.2. The molecule has 0 heterocycles. The highest BCUT2D eigenvalue weighted by molar-refractivity contribution is 9.10. The number of ether oxygens (including phenoxy) is 1. The lowest BCUT2D eigenvalue weighted by Crippen LogP contribution is -2.20. The van der Waals surface area contributed by atoms with Crippen molar-refractivity contribution in [3.63, 3.8) is 0 Å². The molecule has 8 heteroatoms. The second kappa shape index (κ2) is 7.87. The lowest BCUT2D eigenvalue weighted by molar-refractivity contribution is 0.0686. The van der Waals surface area contributed by atoms with E-state index in [2.05, 4.69) is 21.2 Å². The van der Waals surface area contributed by atoms with Crippen LogP contribution in [0.3, 0.4) is 0 Å². The topological polar surface area (TPSA) is 75.6 Å². The molecule has 2 N–H and O–H groups in total. The summed E-state index contributed by atoms with van der Waals surface area (Å²) in [7, 11) is 0. The molecule has 5 nitrogen and oxygen atoms in total. The first kappa shape index (κ1) is 20.0. The third-order valence-electron chi connectivity index (χ3n) is 4.95. The molecule has 0 fully saturated rings. The van der Waals surface area contributed by atoms with Gasteiger partial charge in [-0.25, -0.2) is 18.4 Å². The number of amides is 1. The van der Waals surface area contributed by atoms with Crippen molar-refractivity contribution in [1.82, 2.24) is 0 Å². The number of carbonyl (C=O) groups excluding carboxylic acids is 1. The third kappa shape index (κ3) is 3.43. The standard InChI is InChI=1S/C22H14BrF2NO4/c23-16-9-17(24)18(21(27)28)19(25)20(16)26-22(29)30-10-15-13-7-3-1-5-11(13)12-6-2-4-8-14(12)15/h1-9,15H,10H2,(H,26,29)(H,27,28). The van der Waals surface area contributed by atoms with Gasteiger partial charge in [0.2, 0.25) is 0 Å². The number of carbonyl (C=O) groups is 2. The Morgan fingerprint density at radius 2 is 1.60 bits per heavy atom. The van der Waals surface area contributed by atoms with Gasteiger partial charge >= 0.3 is 12.1 Å². The van der Waals surface area contributed by atoms with Gasteiger partial charge in [0.25, 0.3) is 0 Å². The lowest BCUT2D eigenvalue weighted by Gasteiger charge is -2.15. The number of anilines is 1. The van der Waals surface area contributed by atoms with Gasteiger partial charge in [-0.2, -0.15) is 0 Å². The van der Waals surface area contributed by atoms with Crippen molar-refractivity contribution >= 4 is 33.7 Å². The molecule has 0 radical (unpaired) electrons. The molecule has 0 spiro atoms. The number of hydrogen-bond acceptors (Lipinski definition) is 3. The van der Waals surface area contributed by atoms with Crippen LogP contribution in [-0.4, -0.2) is 23.8 Å². The van der Waals surface area contributed by atoms with Gasteiger partial charge in [-0.15, -0.1) is 0 Å². The Kier molecular flexibility index (Phi) is 5.26. The predicted octanol–water partition coefficient (Wildman–Crippen LogP) is 5.79. The zero-order valence-corrected chi connectivity index (χ0v) is 16.9. The van der Waals surface area contributed by atoms with Crippen molar-refractivity contribution in [3.05, 3.63) is 87.4 Å². The second-order valence-electron chi connectivity index (χ2n) is 6.66. The number of hydrogen-bond donors (Lipinski definition) is 2. The number of halogens is 3. The van der Waals surface area contributed by atoms with Gasteiger partial charge in [0, 0.05) is 10.4 Å². The molecule has 30 heavy (non-hydrogen) atoms. The van der Waals surface area contributed by atoms with Crippen LogP contribution in [-0.2, 0) is 4.74 Å². The Balaban J connectivity index is 1.55. The van der Waals surface area contributed by atoms with Gasteiger partial charge in [-0.3, -0.25) is 5.32 Å². The summed E-state index contributed by atoms with van der Waals surface area (Å²) in [5.74, 6) is -4.64. The predicted molar refractivity (Wildman–Crippen MR) is 110 cm³/mol. The highest BCUT2D eigenvalue weighted by Crippen LogP contribution is 2.44. The maximum atomic E-state index is 14.4. The SMILES string of the molecule is O=C(Nc1c(Br)cc(F)c(C(=O)O)c1F)OCC1c2ccccc2-c2ccccc21. The third-order valence-corrected chi connectivity index (χ3v) is 5.58. The van der Waals surface area contributed by atoms with Gasteiger partial charge in [-0.05, 0) is 44.3 Å². The van der Waals surface area contributed by atoms with Crippen LogP contribution in [0.4, 0.5) is 19.3 Å². The fourth-order valence-electron chi connectivity index (χ4n) is 3.64. The van der Waals surface area contributed by atoms with Crippen LogP contribution in [0, 0.1) is 11.6 Å². The Labute approximate surface area is 178 Å². The van der Waals surface area contributed by atoms with Gasteiger partial charge in [0.15, 0.2) is 5.82 Å². The summed E-state index contributed by atoms with van der Waals surface area (Å²) in [4.78, 5) is 23.4. The quantitative estimate of drug-likeness (QED) is 0.502. The largest absolute Gasteiger partial charge is 0.477 e. The summed E-state index contributed by atoms with van der Waals surface area (Å²) in [6.07, 6.45) is -0.987. The lowest BCUT2D eigenvalue weighted by atomic mass is 9.98. The van der Waals surface area contributed by atoms with Crippen molar-refractivity contribution < 1.29 is 28.2 Å². The van der Waals surface area contributed by atoms with E-state index >= 15 is 0 Å². The van der Waals surface area contributed by atoms with Crippen LogP contribution >= 0.6 is 15.9 Å². The molecule has 0 aromatic heterocycles. The Bertz CT molecular complexity index is 1140. The molecular formula is C22H14BrF2NO4. The molecule has 4 rings (SSSR count). The second-order valence-corrected chi connectivity index (χ2v) is 7.51. The zero-order chi connectivity index (χ0) is 21.4. The fourth-order valence-corrected chi connectivity index (χ4v) is 4.11. The van der Waals surface area contributed by atoms with E-state index in [9.17, 15) is 18.4 Å². The molecule has 0 saturated carbocycles. The van der Waals surface area contributed by atoms with Crippen LogP contribution in [0.25, 0.3) is 11.1 Å². The molecule has 1 amide bonds. The average molecular weight is 474 g/mol. The maximum absolute atomic E-state index is 14.4. The molecule has 3 aromatic carbocycles. The Morgan fingerprint density at radius 1 is 1.03 bits per heavy atom. The van der Waals surface area contributed by atoms with E-state index in [0.29, 0.717) is 0 Å². The minimum absolute atomic E-state index is 0.00786. The average Bonchev–Trinajstić information content (AvgIpc) is 3.03. The minimum Gasteiger partial charge on any atom is -0.477 e. The van der Waals surface area contributed by atoms with Crippen LogP contribution < -0.4 is 5.32 Å². The Hall–Kier alpha value is -3.26. The summed E-state index contributed by atoms with van der Waals surface area (Å²) >= 11 is 2.93. The molecule has 152 valence electrons. The van der Waals surface area contributed by atoms with E-state index in [1.807, 2.05) is 48.5 Å². The van der Waals surface area contributed by atoms with E-state index < -0.39 is 34.9 Å². The smallest absolute Gasteiger partial charge is 0.411 e. The first-order valence-corrected chi connectivity index (χ1v) is 9.70. The zero-order valence-electron chi connectivity index (χ0n) is 15.3. The van der Waals surface area contributed by atoms with E-state index in [0.717, 1.165) is 28.3 Å². The summed E-state index contributed by atoms with van der Waals surface area (Å²) in [6.45, 7) is -0.00786. The molecule has 3 aromatic rings. The molecule has 0 aliphatic heterocycles. The molecule has 0 saturated heterocycles. The highest BCUT2D eigenvalue weighted by atomic mass is 79.9. The number of nitrogens with one attached hydrogen (secondary N) is 1. The van der Waals surface area contributed by atoms with Crippen molar-refractivity contribution in [2.45, 2.75) is 5.92 Å². The summed E-state index contributed by atoms with van der Waals surface area (Å²) < 4.78 is 33.3. The number of aromatic carboxylic acids is 1. The number of carboxylic acid groups (broad SMARTS) is 1. The molecule has 0 unspecified atom stereocenters. The van der Waals surface area contributed by atoms with Gasteiger partial charge in [0.05, 0.1) is 5.69 Å². The number of benzene rings is 3. The van der Waals surface area contributed by atoms with E-state index in [1.165, 1.54) is 0 Å². The minimum atomic E-state index is -1.78. The van der Waals surface area contributed by atoms with Crippen molar-refractivity contribution in [1.29, 1.82) is 0 Å². The Morgan fingerprint density at radius 3 is 2.17 bits per heavy atom. The highest BCUT2D eigenvalue weighted by Gasteiger charge is 2.29. The fraction of sp³-hybridized carbons (Fsp3) is 0.0909. The first-order valence-electron chi connectivity index (χ1n) is 8.91. The summed E-state index contributed by atoms with van der Waals surface area (Å²) in [5, 5.41) is 11.1. The molecule has 1 aliphatic rings. The van der Waals surface area contributed by atoms with Crippen LogP contribution in [0.2, 0.25) is 0 Å². The van der Waals surface area contributed by atoms with Gasteiger partial charge in [0.1, 0.15) is 18.0 Å². The van der Waals surface area contributed by atoms with E-state index in [4.69, 9.17) is 9.84 Å². The maximum Gasteiger partial charge on any atom is 0.411 e. The first-order chi connectivity index (χ1) is 14.4.